The molecule has 0 aliphatic rings. The van der Waals surface area contributed by atoms with E-state index in [9.17, 15) is 4.79 Å². The van der Waals surface area contributed by atoms with Crippen molar-refractivity contribution in [3.63, 3.8) is 0 Å². The van der Waals surface area contributed by atoms with E-state index >= 15 is 0 Å². The molecule has 0 saturated heterocycles. The summed E-state index contributed by atoms with van der Waals surface area (Å²) in [6.07, 6.45) is 2.14. The lowest BCUT2D eigenvalue weighted by Crippen LogP contribution is -2.14. The lowest BCUT2D eigenvalue weighted by Gasteiger charge is -2.14. The maximum Gasteiger partial charge on any atom is 0.165 e. The number of carbonyl (C=O) groups is 1. The van der Waals surface area contributed by atoms with Gasteiger partial charge in [-0.05, 0) is 12.3 Å². The molecule has 0 aliphatic carbocycles. The van der Waals surface area contributed by atoms with Gasteiger partial charge in [-0.15, -0.1) is 0 Å². The van der Waals surface area contributed by atoms with Crippen LogP contribution in [0.3, 0.4) is 0 Å². The Morgan fingerprint density at radius 3 is 2.33 bits per heavy atom. The van der Waals surface area contributed by atoms with Gasteiger partial charge < -0.3 is 0 Å². The molecule has 0 saturated carbocycles. The maximum absolute atomic E-state index is 12.0. The van der Waals surface area contributed by atoms with Gasteiger partial charge in [0.2, 0.25) is 0 Å². The topological polar surface area (TPSA) is 17.1 Å². The van der Waals surface area contributed by atoms with E-state index in [0.29, 0.717) is 5.92 Å². The second kappa shape index (κ2) is 5.69. The third-order valence-electron chi connectivity index (χ3n) is 2.96. The summed E-state index contributed by atoms with van der Waals surface area (Å²) in [5, 5.41) is 0. The largest absolute Gasteiger partial charge is 0.294 e. The molecule has 82 valence electrons. The summed E-state index contributed by atoms with van der Waals surface area (Å²) in [5.41, 5.74) is 0.841. The van der Waals surface area contributed by atoms with Crippen molar-refractivity contribution in [3.05, 3.63) is 35.9 Å². The molecule has 0 amide bonds. The van der Waals surface area contributed by atoms with E-state index < -0.39 is 0 Å². The third kappa shape index (κ3) is 3.50. The van der Waals surface area contributed by atoms with Gasteiger partial charge in [0.15, 0.2) is 5.78 Å². The normalized spacial score (nSPS) is 14.6. The van der Waals surface area contributed by atoms with E-state index in [1.54, 1.807) is 0 Å². The molecular formula is C14H20O. The van der Waals surface area contributed by atoms with Crippen LogP contribution >= 0.6 is 0 Å². The van der Waals surface area contributed by atoms with Gasteiger partial charge in [0, 0.05) is 11.5 Å². The van der Waals surface area contributed by atoms with Crippen LogP contribution in [0, 0.1) is 11.8 Å². The summed E-state index contributed by atoms with van der Waals surface area (Å²) in [4.78, 5) is 12.0. The van der Waals surface area contributed by atoms with E-state index in [0.717, 1.165) is 18.4 Å². The predicted molar refractivity (Wildman–Crippen MR) is 64.0 cm³/mol. The fourth-order valence-electron chi connectivity index (χ4n) is 1.76. The van der Waals surface area contributed by atoms with Crippen molar-refractivity contribution in [2.45, 2.75) is 33.6 Å². The average molecular weight is 204 g/mol. The van der Waals surface area contributed by atoms with Crippen molar-refractivity contribution in [2.24, 2.45) is 11.8 Å². The summed E-state index contributed by atoms with van der Waals surface area (Å²) >= 11 is 0. The molecule has 0 N–H and O–H groups in total. The van der Waals surface area contributed by atoms with Crippen LogP contribution in [0.15, 0.2) is 30.3 Å². The van der Waals surface area contributed by atoms with Gasteiger partial charge in [-0.1, -0.05) is 57.5 Å². The minimum Gasteiger partial charge on any atom is -0.294 e. The molecule has 0 bridgehead atoms. The van der Waals surface area contributed by atoms with Crippen molar-refractivity contribution in [3.8, 4) is 0 Å². The molecule has 0 unspecified atom stereocenters. The lowest BCUT2D eigenvalue weighted by atomic mass is 9.89. The number of Topliss-reactive ketones (excluding diaryl/α,β-unsaturated/α-hetero) is 1. The molecule has 0 heterocycles. The fourth-order valence-corrected chi connectivity index (χ4v) is 1.76. The van der Waals surface area contributed by atoms with Gasteiger partial charge in [0.25, 0.3) is 0 Å². The Morgan fingerprint density at radius 2 is 1.80 bits per heavy atom. The highest BCUT2D eigenvalue weighted by Gasteiger charge is 2.16. The summed E-state index contributed by atoms with van der Waals surface area (Å²) in [6.45, 7) is 6.40. The highest BCUT2D eigenvalue weighted by Crippen LogP contribution is 2.18. The molecule has 1 aromatic rings. The van der Waals surface area contributed by atoms with Crippen molar-refractivity contribution in [2.75, 3.05) is 0 Å². The molecule has 2 atom stereocenters. The monoisotopic (exact) mass is 204 g/mol. The van der Waals surface area contributed by atoms with Crippen LogP contribution in [0.4, 0.5) is 0 Å². The highest BCUT2D eigenvalue weighted by atomic mass is 16.1. The Morgan fingerprint density at radius 1 is 1.20 bits per heavy atom. The second-order valence-corrected chi connectivity index (χ2v) is 4.38. The second-order valence-electron chi connectivity index (χ2n) is 4.38. The first-order chi connectivity index (χ1) is 7.15. The molecule has 1 heteroatoms. The minimum absolute atomic E-state index is 0.141. The van der Waals surface area contributed by atoms with Gasteiger partial charge in [0.1, 0.15) is 0 Å². The molecule has 15 heavy (non-hydrogen) atoms. The highest BCUT2D eigenvalue weighted by molar-refractivity contribution is 5.97. The summed E-state index contributed by atoms with van der Waals surface area (Å²) in [5.74, 6) is 1.05. The van der Waals surface area contributed by atoms with Gasteiger partial charge in [-0.2, -0.15) is 0 Å². The van der Waals surface area contributed by atoms with Gasteiger partial charge in [-0.3, -0.25) is 4.79 Å². The van der Waals surface area contributed by atoms with Crippen LogP contribution in [-0.2, 0) is 0 Å². The lowest BCUT2D eigenvalue weighted by molar-refractivity contribution is 0.0913. The van der Waals surface area contributed by atoms with Crippen molar-refractivity contribution < 1.29 is 4.79 Å². The van der Waals surface area contributed by atoms with E-state index in [1.807, 2.05) is 37.3 Å². The molecule has 0 aliphatic heterocycles. The van der Waals surface area contributed by atoms with Crippen molar-refractivity contribution >= 4 is 5.78 Å². The minimum atomic E-state index is 0.141. The summed E-state index contributed by atoms with van der Waals surface area (Å²) < 4.78 is 0. The fraction of sp³-hybridized carbons (Fsp3) is 0.500. The Balaban J connectivity index is 2.61. The number of benzene rings is 1. The molecule has 0 radical (unpaired) electrons. The predicted octanol–water partition coefficient (Wildman–Crippen LogP) is 3.94. The molecule has 1 nitrogen and oxygen atoms in total. The number of hydrogen-bond acceptors (Lipinski definition) is 1. The van der Waals surface area contributed by atoms with E-state index in [2.05, 4.69) is 13.8 Å². The Bertz CT molecular complexity index is 302. The van der Waals surface area contributed by atoms with Gasteiger partial charge in [-0.25, -0.2) is 0 Å². The Kier molecular flexibility index (Phi) is 4.54. The number of ketones is 1. The quantitative estimate of drug-likeness (QED) is 0.664. The SMILES string of the molecule is CC[C@H](C)C[C@H](C)C(=O)c1ccccc1. The number of carbonyl (C=O) groups excluding carboxylic acids is 1. The van der Waals surface area contributed by atoms with Crippen LogP contribution < -0.4 is 0 Å². The zero-order valence-electron chi connectivity index (χ0n) is 9.86. The van der Waals surface area contributed by atoms with E-state index in [-0.39, 0.29) is 11.7 Å². The van der Waals surface area contributed by atoms with Crippen LogP contribution in [-0.4, -0.2) is 5.78 Å². The summed E-state index contributed by atoms with van der Waals surface area (Å²) in [6, 6.07) is 9.58. The standard InChI is InChI=1S/C14H20O/c1-4-11(2)10-12(3)14(15)13-8-6-5-7-9-13/h5-9,11-12H,4,10H2,1-3H3/t11-,12-/m0/s1. The maximum atomic E-state index is 12.0. The van der Waals surface area contributed by atoms with Crippen LogP contribution in [0.25, 0.3) is 0 Å². The first-order valence-electron chi connectivity index (χ1n) is 5.74. The first-order valence-corrected chi connectivity index (χ1v) is 5.74. The molecular weight excluding hydrogens is 184 g/mol. The Hall–Kier alpha value is -1.11. The first kappa shape index (κ1) is 12.0. The van der Waals surface area contributed by atoms with Crippen molar-refractivity contribution in [1.29, 1.82) is 0 Å². The molecule has 0 fully saturated rings. The number of rotatable bonds is 5. The smallest absolute Gasteiger partial charge is 0.165 e. The van der Waals surface area contributed by atoms with Gasteiger partial charge >= 0.3 is 0 Å². The van der Waals surface area contributed by atoms with Crippen LogP contribution in [0.2, 0.25) is 0 Å². The molecule has 1 rings (SSSR count). The molecule has 1 aromatic carbocycles. The van der Waals surface area contributed by atoms with E-state index in [4.69, 9.17) is 0 Å². The molecule has 0 spiro atoms. The van der Waals surface area contributed by atoms with Gasteiger partial charge in [0.05, 0.1) is 0 Å². The summed E-state index contributed by atoms with van der Waals surface area (Å²) in [7, 11) is 0. The zero-order chi connectivity index (χ0) is 11.3. The van der Waals surface area contributed by atoms with Crippen LogP contribution in [0.5, 0.6) is 0 Å². The third-order valence-corrected chi connectivity index (χ3v) is 2.96. The number of hydrogen-bond donors (Lipinski definition) is 0. The van der Waals surface area contributed by atoms with E-state index in [1.165, 1.54) is 0 Å². The van der Waals surface area contributed by atoms with Crippen molar-refractivity contribution in [1.82, 2.24) is 0 Å². The molecule has 0 aromatic heterocycles. The Labute approximate surface area is 92.5 Å². The average Bonchev–Trinajstić information content (AvgIpc) is 2.29. The van der Waals surface area contributed by atoms with Crippen LogP contribution in [0.1, 0.15) is 44.0 Å². The zero-order valence-corrected chi connectivity index (χ0v) is 9.86.